The molecule has 1 aliphatic rings. The van der Waals surface area contributed by atoms with E-state index in [9.17, 15) is 0 Å². The van der Waals surface area contributed by atoms with Crippen LogP contribution in [0.3, 0.4) is 0 Å². The maximum absolute atomic E-state index is 5.37. The summed E-state index contributed by atoms with van der Waals surface area (Å²) in [5.74, 6) is 6.02. The molecule has 5 heteroatoms. The average Bonchev–Trinajstić information content (AvgIpc) is 2.17. The van der Waals surface area contributed by atoms with Crippen LogP contribution in [0.15, 0.2) is 4.99 Å². The first kappa shape index (κ1) is 11.3. The van der Waals surface area contributed by atoms with Crippen molar-refractivity contribution in [2.24, 2.45) is 10.8 Å². The van der Waals surface area contributed by atoms with Crippen LogP contribution in [0.2, 0.25) is 0 Å². The van der Waals surface area contributed by atoms with Gasteiger partial charge in [0.05, 0.1) is 6.04 Å². The highest BCUT2D eigenvalue weighted by molar-refractivity contribution is 5.78. The number of hydrogen-bond donors (Lipinski definition) is 3. The summed E-state index contributed by atoms with van der Waals surface area (Å²) in [7, 11) is 3.82. The molecule has 0 amide bonds. The molecule has 0 aromatic carbocycles. The minimum absolute atomic E-state index is 0.433. The van der Waals surface area contributed by atoms with E-state index in [1.807, 2.05) is 19.1 Å². The second-order valence-corrected chi connectivity index (χ2v) is 3.92. The highest BCUT2D eigenvalue weighted by Gasteiger charge is 2.12. The van der Waals surface area contributed by atoms with E-state index in [4.69, 9.17) is 5.84 Å². The Morgan fingerprint density at radius 3 is 2.43 bits per heavy atom. The summed E-state index contributed by atoms with van der Waals surface area (Å²) in [5, 5.41) is 1.82. The quantitative estimate of drug-likeness (QED) is 0.257. The van der Waals surface area contributed by atoms with Crippen LogP contribution in [-0.2, 0) is 0 Å². The van der Waals surface area contributed by atoms with Crippen molar-refractivity contribution in [2.75, 3.05) is 14.1 Å². The van der Waals surface area contributed by atoms with Crippen LogP contribution in [0.4, 0.5) is 0 Å². The molecule has 14 heavy (non-hydrogen) atoms. The number of aliphatic imine (C=N–C) groups is 1. The van der Waals surface area contributed by atoms with Gasteiger partial charge in [0, 0.05) is 14.1 Å². The van der Waals surface area contributed by atoms with Gasteiger partial charge in [-0.25, -0.2) is 15.8 Å². The first-order chi connectivity index (χ1) is 6.72. The Bertz CT molecular complexity index is 184. The molecule has 0 aromatic rings. The molecule has 82 valence electrons. The summed E-state index contributed by atoms with van der Waals surface area (Å²) in [6.07, 6.45) is 6.28. The molecule has 0 unspecified atom stereocenters. The number of nitrogens with zero attached hydrogens (tertiary/aromatic N) is 2. The molecule has 1 rings (SSSR count). The summed E-state index contributed by atoms with van der Waals surface area (Å²) in [5.41, 5.74) is 5.60. The summed E-state index contributed by atoms with van der Waals surface area (Å²) >= 11 is 0. The molecule has 0 heterocycles. The summed E-state index contributed by atoms with van der Waals surface area (Å²) in [6.45, 7) is 0. The van der Waals surface area contributed by atoms with Crippen molar-refractivity contribution in [3.8, 4) is 0 Å². The van der Waals surface area contributed by atoms with Gasteiger partial charge in [0.1, 0.15) is 0 Å². The molecule has 0 aromatic heterocycles. The second-order valence-electron chi connectivity index (χ2n) is 3.92. The van der Waals surface area contributed by atoms with Gasteiger partial charge in [-0.3, -0.25) is 10.9 Å². The lowest BCUT2D eigenvalue weighted by Gasteiger charge is -2.21. The van der Waals surface area contributed by atoms with Crippen molar-refractivity contribution in [1.82, 2.24) is 15.9 Å². The zero-order valence-corrected chi connectivity index (χ0v) is 9.08. The van der Waals surface area contributed by atoms with Crippen LogP contribution in [0.25, 0.3) is 0 Å². The van der Waals surface area contributed by atoms with E-state index < -0.39 is 0 Å². The topological polar surface area (TPSA) is 65.7 Å². The minimum Gasteiger partial charge on any atom is -0.293 e. The largest absolute Gasteiger partial charge is 0.293 e. The Kier molecular flexibility index (Phi) is 4.69. The van der Waals surface area contributed by atoms with Crippen LogP contribution in [0.5, 0.6) is 0 Å². The van der Waals surface area contributed by atoms with Gasteiger partial charge in [-0.1, -0.05) is 19.3 Å². The zero-order valence-electron chi connectivity index (χ0n) is 9.08. The van der Waals surface area contributed by atoms with Gasteiger partial charge in [0.2, 0.25) is 5.96 Å². The van der Waals surface area contributed by atoms with Crippen LogP contribution >= 0.6 is 0 Å². The van der Waals surface area contributed by atoms with Gasteiger partial charge in [0.25, 0.3) is 0 Å². The van der Waals surface area contributed by atoms with E-state index in [1.54, 1.807) is 0 Å². The smallest absolute Gasteiger partial charge is 0.220 e. The molecule has 0 radical (unpaired) electrons. The number of guanidine groups is 1. The Labute approximate surface area is 85.7 Å². The number of hydrazine groups is 2. The molecule has 1 saturated carbocycles. The van der Waals surface area contributed by atoms with Crippen molar-refractivity contribution >= 4 is 5.96 Å². The van der Waals surface area contributed by atoms with Gasteiger partial charge in [-0.05, 0) is 12.8 Å². The molecule has 0 bridgehead atoms. The lowest BCUT2D eigenvalue weighted by Crippen LogP contribution is -2.48. The number of nitrogens with one attached hydrogen (secondary N) is 2. The molecule has 1 fully saturated rings. The van der Waals surface area contributed by atoms with Crippen LogP contribution in [-0.4, -0.2) is 31.1 Å². The fourth-order valence-corrected chi connectivity index (χ4v) is 1.70. The fraction of sp³-hybridized carbons (Fsp3) is 0.889. The standard InChI is InChI=1S/C9H21N5/c1-14(2)13-9(12-10)11-8-6-4-3-5-7-8/h8H,3-7,10H2,1-2H3,(H2,11,12,13). The van der Waals surface area contributed by atoms with Gasteiger partial charge in [-0.15, -0.1) is 0 Å². The Balaban J connectivity index is 2.43. The van der Waals surface area contributed by atoms with Crippen molar-refractivity contribution in [1.29, 1.82) is 0 Å². The van der Waals surface area contributed by atoms with Gasteiger partial charge < -0.3 is 0 Å². The van der Waals surface area contributed by atoms with E-state index in [0.717, 1.165) is 0 Å². The van der Waals surface area contributed by atoms with Crippen LogP contribution in [0.1, 0.15) is 32.1 Å². The summed E-state index contributed by atoms with van der Waals surface area (Å²) in [6, 6.07) is 0.433. The lowest BCUT2D eigenvalue weighted by atomic mass is 9.96. The minimum atomic E-state index is 0.433. The lowest BCUT2D eigenvalue weighted by molar-refractivity contribution is 0.352. The van der Waals surface area contributed by atoms with Crippen molar-refractivity contribution < 1.29 is 0 Å². The Morgan fingerprint density at radius 1 is 1.29 bits per heavy atom. The molecular weight excluding hydrogens is 178 g/mol. The summed E-state index contributed by atoms with van der Waals surface area (Å²) < 4.78 is 0. The normalized spacial score (nSPS) is 19.9. The van der Waals surface area contributed by atoms with Crippen LogP contribution in [0, 0.1) is 0 Å². The van der Waals surface area contributed by atoms with Gasteiger partial charge in [-0.2, -0.15) is 0 Å². The molecule has 5 nitrogen and oxygen atoms in total. The van der Waals surface area contributed by atoms with E-state index >= 15 is 0 Å². The number of nitrogens with two attached hydrogens (primary N) is 1. The molecule has 0 saturated heterocycles. The van der Waals surface area contributed by atoms with Crippen molar-refractivity contribution in [2.45, 2.75) is 38.1 Å². The maximum Gasteiger partial charge on any atom is 0.220 e. The molecule has 4 N–H and O–H groups in total. The third-order valence-electron chi connectivity index (χ3n) is 2.35. The predicted octanol–water partition coefficient (Wildman–Crippen LogP) is 0.205. The first-order valence-corrected chi connectivity index (χ1v) is 5.21. The van der Waals surface area contributed by atoms with Crippen LogP contribution < -0.4 is 16.7 Å². The average molecular weight is 199 g/mol. The second kappa shape index (κ2) is 5.82. The Morgan fingerprint density at radius 2 is 1.93 bits per heavy atom. The molecule has 1 aliphatic carbocycles. The molecule has 0 aliphatic heterocycles. The molecule has 0 spiro atoms. The fourth-order valence-electron chi connectivity index (χ4n) is 1.70. The number of hydrogen-bond acceptors (Lipinski definition) is 3. The monoisotopic (exact) mass is 199 g/mol. The van der Waals surface area contributed by atoms with E-state index in [2.05, 4.69) is 15.8 Å². The molecule has 0 atom stereocenters. The predicted molar refractivity (Wildman–Crippen MR) is 58.5 cm³/mol. The number of rotatable bonds is 2. The summed E-state index contributed by atoms with van der Waals surface area (Å²) in [4.78, 5) is 4.52. The zero-order chi connectivity index (χ0) is 10.4. The third-order valence-corrected chi connectivity index (χ3v) is 2.35. The SMILES string of the molecule is CN(C)NC(=NC1CCCCC1)NN. The Hall–Kier alpha value is -0.810. The molecular formula is C9H21N5. The van der Waals surface area contributed by atoms with E-state index in [-0.39, 0.29) is 0 Å². The van der Waals surface area contributed by atoms with Crippen molar-refractivity contribution in [3.63, 3.8) is 0 Å². The first-order valence-electron chi connectivity index (χ1n) is 5.21. The van der Waals surface area contributed by atoms with Gasteiger partial charge in [0.15, 0.2) is 0 Å². The highest BCUT2D eigenvalue weighted by atomic mass is 15.5. The van der Waals surface area contributed by atoms with Crippen molar-refractivity contribution in [3.05, 3.63) is 0 Å². The van der Waals surface area contributed by atoms with E-state index in [1.165, 1.54) is 32.1 Å². The van der Waals surface area contributed by atoms with E-state index in [0.29, 0.717) is 12.0 Å². The maximum atomic E-state index is 5.37. The highest BCUT2D eigenvalue weighted by Crippen LogP contribution is 2.19. The van der Waals surface area contributed by atoms with Gasteiger partial charge >= 0.3 is 0 Å². The third kappa shape index (κ3) is 3.93.